The number of piperidine rings is 1. The molecule has 0 aromatic heterocycles. The van der Waals surface area contributed by atoms with Crippen molar-refractivity contribution in [2.75, 3.05) is 26.3 Å². The molecule has 148 valence electrons. The Labute approximate surface area is 168 Å². The fourth-order valence-corrected chi connectivity index (χ4v) is 4.44. The van der Waals surface area contributed by atoms with Gasteiger partial charge >= 0.3 is 6.09 Å². The summed E-state index contributed by atoms with van der Waals surface area (Å²) < 4.78 is 10.8. The maximum absolute atomic E-state index is 12.7. The van der Waals surface area contributed by atoms with Gasteiger partial charge in [-0.05, 0) is 49.8 Å². The third kappa shape index (κ3) is 3.74. The molecule has 0 bridgehead atoms. The standard InChI is InChI=1S/C20H22ClN3O4/c21-16-1-2-17(14(7-16)10-22)27-11-13-3-5-24(6-4-13)18(25)15-8-20(9-15)12-28-19(26)23-20/h1-2,7,13,15H,3-6,8-9,11-12H2,(H,23,26). The van der Waals surface area contributed by atoms with Crippen LogP contribution < -0.4 is 10.1 Å². The van der Waals surface area contributed by atoms with Gasteiger partial charge in [0.15, 0.2) is 0 Å². The van der Waals surface area contributed by atoms with E-state index in [0.717, 1.165) is 12.8 Å². The second kappa shape index (κ2) is 7.51. The zero-order valence-corrected chi connectivity index (χ0v) is 16.2. The number of carbonyl (C=O) groups excluding carboxylic acids is 2. The lowest BCUT2D eigenvalue weighted by Crippen LogP contribution is -2.58. The normalized spacial score (nSPS) is 26.9. The summed E-state index contributed by atoms with van der Waals surface area (Å²) >= 11 is 5.91. The molecular formula is C20H22ClN3O4. The van der Waals surface area contributed by atoms with Crippen molar-refractivity contribution in [3.63, 3.8) is 0 Å². The van der Waals surface area contributed by atoms with Crippen molar-refractivity contribution in [3.05, 3.63) is 28.8 Å². The van der Waals surface area contributed by atoms with Crippen molar-refractivity contribution >= 4 is 23.6 Å². The Hall–Kier alpha value is -2.46. The van der Waals surface area contributed by atoms with Crippen LogP contribution >= 0.6 is 11.6 Å². The lowest BCUT2D eigenvalue weighted by molar-refractivity contribution is -0.142. The zero-order chi connectivity index (χ0) is 19.7. The molecule has 1 spiro atoms. The first-order valence-electron chi connectivity index (χ1n) is 9.54. The molecule has 2 heterocycles. The summed E-state index contributed by atoms with van der Waals surface area (Å²) in [7, 11) is 0. The number of cyclic esters (lactones) is 1. The number of nitriles is 1. The molecule has 1 N–H and O–H groups in total. The fourth-order valence-electron chi connectivity index (χ4n) is 4.27. The Morgan fingerprint density at radius 2 is 2.14 bits per heavy atom. The number of benzene rings is 1. The number of ether oxygens (including phenoxy) is 2. The Bertz CT molecular complexity index is 823. The second-order valence-corrected chi connectivity index (χ2v) is 8.36. The predicted molar refractivity (Wildman–Crippen MR) is 101 cm³/mol. The summed E-state index contributed by atoms with van der Waals surface area (Å²) in [6.07, 6.45) is 2.69. The monoisotopic (exact) mass is 403 g/mol. The summed E-state index contributed by atoms with van der Waals surface area (Å²) in [5, 5.41) is 12.5. The first-order valence-corrected chi connectivity index (χ1v) is 9.92. The van der Waals surface area contributed by atoms with Gasteiger partial charge in [-0.1, -0.05) is 11.6 Å². The van der Waals surface area contributed by atoms with E-state index in [4.69, 9.17) is 21.1 Å². The molecule has 0 atom stereocenters. The number of likely N-dealkylation sites (tertiary alicyclic amines) is 1. The molecule has 1 aromatic rings. The molecule has 2 amide bonds. The maximum Gasteiger partial charge on any atom is 0.407 e. The van der Waals surface area contributed by atoms with Gasteiger partial charge in [-0.2, -0.15) is 5.26 Å². The molecule has 2 saturated heterocycles. The summed E-state index contributed by atoms with van der Waals surface area (Å²) in [6, 6.07) is 7.13. The number of nitrogens with zero attached hydrogens (tertiary/aromatic N) is 2. The summed E-state index contributed by atoms with van der Waals surface area (Å²) in [5.74, 6) is 1.05. The lowest BCUT2D eigenvalue weighted by atomic mass is 9.68. The van der Waals surface area contributed by atoms with Crippen LogP contribution in [0.1, 0.15) is 31.2 Å². The van der Waals surface area contributed by atoms with Crippen molar-refractivity contribution in [2.45, 2.75) is 31.2 Å². The SMILES string of the molecule is N#Cc1cc(Cl)ccc1OCC1CCN(C(=O)C2CC3(COC(=O)N3)C2)CC1. The van der Waals surface area contributed by atoms with Crippen LogP contribution in [-0.4, -0.2) is 48.7 Å². The van der Waals surface area contributed by atoms with Gasteiger partial charge < -0.3 is 19.7 Å². The third-order valence-electron chi connectivity index (χ3n) is 5.93. The molecule has 8 heteroatoms. The second-order valence-electron chi connectivity index (χ2n) is 7.92. The quantitative estimate of drug-likeness (QED) is 0.834. The van der Waals surface area contributed by atoms with Crippen LogP contribution in [0.4, 0.5) is 4.79 Å². The number of rotatable bonds is 4. The van der Waals surface area contributed by atoms with Gasteiger partial charge in [-0.15, -0.1) is 0 Å². The summed E-state index contributed by atoms with van der Waals surface area (Å²) in [6.45, 7) is 2.31. The minimum absolute atomic E-state index is 0.0259. The van der Waals surface area contributed by atoms with Crippen molar-refractivity contribution in [3.8, 4) is 11.8 Å². The van der Waals surface area contributed by atoms with Gasteiger partial charge in [0.1, 0.15) is 18.4 Å². The number of nitrogens with one attached hydrogen (secondary N) is 1. The lowest BCUT2D eigenvalue weighted by Gasteiger charge is -2.44. The number of hydrogen-bond acceptors (Lipinski definition) is 5. The van der Waals surface area contributed by atoms with E-state index in [0.29, 0.717) is 61.4 Å². The van der Waals surface area contributed by atoms with E-state index in [2.05, 4.69) is 11.4 Å². The highest BCUT2D eigenvalue weighted by Crippen LogP contribution is 2.41. The zero-order valence-electron chi connectivity index (χ0n) is 15.4. The van der Waals surface area contributed by atoms with Gasteiger partial charge in [-0.25, -0.2) is 4.79 Å². The van der Waals surface area contributed by atoms with E-state index in [1.54, 1.807) is 18.2 Å². The molecule has 1 saturated carbocycles. The predicted octanol–water partition coefficient (Wildman–Crippen LogP) is 2.72. The fraction of sp³-hybridized carbons (Fsp3) is 0.550. The highest BCUT2D eigenvalue weighted by atomic mass is 35.5. The van der Waals surface area contributed by atoms with Gasteiger partial charge in [-0.3, -0.25) is 4.79 Å². The maximum atomic E-state index is 12.7. The Balaban J connectivity index is 1.22. The minimum Gasteiger partial charge on any atom is -0.492 e. The van der Waals surface area contributed by atoms with Crippen LogP contribution in [0, 0.1) is 23.2 Å². The first-order chi connectivity index (χ1) is 13.5. The highest BCUT2D eigenvalue weighted by Gasteiger charge is 2.53. The van der Waals surface area contributed by atoms with E-state index in [1.165, 1.54) is 0 Å². The van der Waals surface area contributed by atoms with Crippen LogP contribution in [0.3, 0.4) is 0 Å². The smallest absolute Gasteiger partial charge is 0.407 e. The largest absolute Gasteiger partial charge is 0.492 e. The molecule has 1 aliphatic carbocycles. The van der Waals surface area contributed by atoms with Crippen LogP contribution in [-0.2, 0) is 9.53 Å². The number of halogens is 1. The van der Waals surface area contributed by atoms with E-state index in [1.807, 2.05) is 4.90 Å². The number of carbonyl (C=O) groups is 2. The molecule has 0 unspecified atom stereocenters. The molecule has 3 aliphatic rings. The van der Waals surface area contributed by atoms with Crippen molar-refractivity contribution in [2.24, 2.45) is 11.8 Å². The number of amides is 2. The van der Waals surface area contributed by atoms with E-state index >= 15 is 0 Å². The van der Waals surface area contributed by atoms with Gasteiger partial charge in [0, 0.05) is 24.0 Å². The molecule has 4 rings (SSSR count). The molecule has 2 aliphatic heterocycles. The highest BCUT2D eigenvalue weighted by molar-refractivity contribution is 6.30. The molecule has 1 aromatic carbocycles. The average molecular weight is 404 g/mol. The van der Waals surface area contributed by atoms with Crippen LogP contribution in [0.15, 0.2) is 18.2 Å². The molecule has 28 heavy (non-hydrogen) atoms. The van der Waals surface area contributed by atoms with Crippen molar-refractivity contribution in [1.82, 2.24) is 10.2 Å². The number of hydrogen-bond donors (Lipinski definition) is 1. The minimum atomic E-state index is -0.382. The first kappa shape index (κ1) is 18.9. The topological polar surface area (TPSA) is 91.7 Å². The van der Waals surface area contributed by atoms with Gasteiger partial charge in [0.25, 0.3) is 0 Å². The Kier molecular flexibility index (Phi) is 5.07. The van der Waals surface area contributed by atoms with E-state index in [9.17, 15) is 14.9 Å². The van der Waals surface area contributed by atoms with Gasteiger partial charge in [0.05, 0.1) is 17.7 Å². The van der Waals surface area contributed by atoms with Gasteiger partial charge in [0.2, 0.25) is 5.91 Å². The third-order valence-corrected chi connectivity index (χ3v) is 6.17. The molecule has 3 fully saturated rings. The van der Waals surface area contributed by atoms with Crippen molar-refractivity contribution in [1.29, 1.82) is 5.26 Å². The van der Waals surface area contributed by atoms with E-state index < -0.39 is 0 Å². The summed E-state index contributed by atoms with van der Waals surface area (Å²) in [5.41, 5.74) is 0.114. The average Bonchev–Trinajstić information content (AvgIpc) is 3.08. The van der Waals surface area contributed by atoms with Crippen LogP contribution in [0.25, 0.3) is 0 Å². The summed E-state index contributed by atoms with van der Waals surface area (Å²) in [4.78, 5) is 25.8. The molecule has 0 radical (unpaired) electrons. The van der Waals surface area contributed by atoms with Crippen molar-refractivity contribution < 1.29 is 19.1 Å². The van der Waals surface area contributed by atoms with Crippen LogP contribution in [0.2, 0.25) is 5.02 Å². The molecular weight excluding hydrogens is 382 g/mol. The number of alkyl carbamates (subject to hydrolysis) is 1. The van der Waals surface area contributed by atoms with Crippen LogP contribution in [0.5, 0.6) is 5.75 Å². The van der Waals surface area contributed by atoms with E-state index in [-0.39, 0.29) is 23.5 Å². The molecule has 7 nitrogen and oxygen atoms in total. The Morgan fingerprint density at radius 3 is 2.79 bits per heavy atom. The Morgan fingerprint density at radius 1 is 1.39 bits per heavy atom.